The minimum absolute atomic E-state index is 0. The molecule has 1 aliphatic heterocycles. The van der Waals surface area contributed by atoms with E-state index in [2.05, 4.69) is 10.3 Å². The summed E-state index contributed by atoms with van der Waals surface area (Å²) in [5.74, 6) is 0.480. The summed E-state index contributed by atoms with van der Waals surface area (Å²) in [5, 5.41) is 3.28. The summed E-state index contributed by atoms with van der Waals surface area (Å²) >= 11 is 1.62. The van der Waals surface area contributed by atoms with Gasteiger partial charge in [0.25, 0.3) is 0 Å². The fourth-order valence-electron chi connectivity index (χ4n) is 2.15. The van der Waals surface area contributed by atoms with Crippen LogP contribution < -0.4 is 5.32 Å². The van der Waals surface area contributed by atoms with Gasteiger partial charge in [-0.3, -0.25) is 4.79 Å². The largest absolute Gasteiger partial charge is 0.340 e. The first kappa shape index (κ1) is 18.6. The highest BCUT2D eigenvalue weighted by Crippen LogP contribution is 2.18. The van der Waals surface area contributed by atoms with Crippen LogP contribution in [0.3, 0.4) is 0 Å². The van der Waals surface area contributed by atoms with E-state index in [1.54, 1.807) is 11.3 Å². The van der Waals surface area contributed by atoms with E-state index in [9.17, 15) is 4.79 Å². The molecule has 0 atom stereocenters. The summed E-state index contributed by atoms with van der Waals surface area (Å²) in [5.41, 5.74) is 2.88. The van der Waals surface area contributed by atoms with E-state index in [1.165, 1.54) is 4.88 Å². The SMILES string of the molecule is Cc1ncsc1CN(C)C(=O)C1CCNCC1.Cl.Cl. The molecule has 2 rings (SSSR count). The molecule has 0 aliphatic carbocycles. The zero-order chi connectivity index (χ0) is 12.3. The van der Waals surface area contributed by atoms with Gasteiger partial charge in [-0.25, -0.2) is 4.98 Å². The molecular formula is C12H21Cl2N3OS. The van der Waals surface area contributed by atoms with Crippen molar-refractivity contribution in [2.24, 2.45) is 5.92 Å². The molecule has 110 valence electrons. The smallest absolute Gasteiger partial charge is 0.225 e. The van der Waals surface area contributed by atoms with Gasteiger partial charge in [-0.2, -0.15) is 0 Å². The Morgan fingerprint density at radius 1 is 1.47 bits per heavy atom. The first-order valence-electron chi connectivity index (χ1n) is 6.03. The highest BCUT2D eigenvalue weighted by Gasteiger charge is 2.24. The Bertz CT molecular complexity index is 394. The van der Waals surface area contributed by atoms with Gasteiger partial charge in [0, 0.05) is 17.8 Å². The molecule has 1 aliphatic rings. The van der Waals surface area contributed by atoms with E-state index in [-0.39, 0.29) is 36.6 Å². The number of aromatic nitrogens is 1. The fourth-order valence-corrected chi connectivity index (χ4v) is 2.98. The molecule has 1 fully saturated rings. The van der Waals surface area contributed by atoms with Gasteiger partial charge >= 0.3 is 0 Å². The molecule has 1 aromatic rings. The third-order valence-corrected chi connectivity index (χ3v) is 4.21. The molecule has 1 N–H and O–H groups in total. The number of aryl methyl sites for hydroxylation is 1. The van der Waals surface area contributed by atoms with E-state index in [4.69, 9.17) is 0 Å². The van der Waals surface area contributed by atoms with Crippen LogP contribution in [0.15, 0.2) is 5.51 Å². The number of thiazole rings is 1. The third kappa shape index (κ3) is 4.91. The zero-order valence-electron chi connectivity index (χ0n) is 11.2. The van der Waals surface area contributed by atoms with Gasteiger partial charge in [-0.15, -0.1) is 36.2 Å². The Morgan fingerprint density at radius 3 is 2.63 bits per heavy atom. The number of rotatable bonds is 3. The van der Waals surface area contributed by atoms with Gasteiger partial charge in [0.05, 0.1) is 17.7 Å². The summed E-state index contributed by atoms with van der Waals surface area (Å²) in [6.45, 7) is 4.61. The number of carbonyl (C=O) groups excluding carboxylic acids is 1. The number of hydrogen-bond donors (Lipinski definition) is 1. The number of nitrogens with zero attached hydrogens (tertiary/aromatic N) is 2. The van der Waals surface area contributed by atoms with Crippen LogP contribution in [0.5, 0.6) is 0 Å². The first-order valence-corrected chi connectivity index (χ1v) is 6.91. The van der Waals surface area contributed by atoms with Gasteiger partial charge in [-0.05, 0) is 32.9 Å². The minimum Gasteiger partial charge on any atom is -0.340 e. The van der Waals surface area contributed by atoms with Crippen LogP contribution in [0.4, 0.5) is 0 Å². The van der Waals surface area contributed by atoms with Crippen molar-refractivity contribution in [3.63, 3.8) is 0 Å². The number of hydrogen-bond acceptors (Lipinski definition) is 4. The lowest BCUT2D eigenvalue weighted by Crippen LogP contribution is -2.38. The quantitative estimate of drug-likeness (QED) is 0.927. The monoisotopic (exact) mass is 325 g/mol. The number of piperidine rings is 1. The second-order valence-electron chi connectivity index (χ2n) is 4.58. The van der Waals surface area contributed by atoms with E-state index in [1.807, 2.05) is 24.4 Å². The van der Waals surface area contributed by atoms with Crippen molar-refractivity contribution in [2.75, 3.05) is 20.1 Å². The predicted molar refractivity (Wildman–Crippen MR) is 83.4 cm³/mol. The molecular weight excluding hydrogens is 305 g/mol. The van der Waals surface area contributed by atoms with Crippen LogP contribution in [0.1, 0.15) is 23.4 Å². The van der Waals surface area contributed by atoms with E-state index < -0.39 is 0 Å². The summed E-state index contributed by atoms with van der Waals surface area (Å²) in [6.07, 6.45) is 1.93. The van der Waals surface area contributed by atoms with E-state index >= 15 is 0 Å². The second-order valence-corrected chi connectivity index (χ2v) is 5.52. The average Bonchev–Trinajstić information content (AvgIpc) is 2.75. The Kier molecular flexibility index (Phi) is 8.57. The van der Waals surface area contributed by atoms with Gasteiger partial charge in [0.2, 0.25) is 5.91 Å². The molecule has 1 amide bonds. The Morgan fingerprint density at radius 2 is 2.11 bits per heavy atom. The van der Waals surface area contributed by atoms with Crippen molar-refractivity contribution in [3.8, 4) is 0 Å². The highest BCUT2D eigenvalue weighted by molar-refractivity contribution is 7.09. The number of nitrogens with one attached hydrogen (secondary N) is 1. The maximum Gasteiger partial charge on any atom is 0.225 e. The summed E-state index contributed by atoms with van der Waals surface area (Å²) in [7, 11) is 1.89. The number of carbonyl (C=O) groups is 1. The Hall–Kier alpha value is -0.360. The lowest BCUT2D eigenvalue weighted by atomic mass is 9.97. The van der Waals surface area contributed by atoms with Gasteiger partial charge in [0.1, 0.15) is 0 Å². The Balaban J connectivity index is 0.00000162. The number of halogens is 2. The molecule has 0 bridgehead atoms. The van der Waals surface area contributed by atoms with Crippen molar-refractivity contribution >= 4 is 42.1 Å². The van der Waals surface area contributed by atoms with Gasteiger partial charge in [-0.1, -0.05) is 0 Å². The molecule has 4 nitrogen and oxygen atoms in total. The molecule has 1 saturated heterocycles. The maximum absolute atomic E-state index is 12.2. The summed E-state index contributed by atoms with van der Waals surface area (Å²) in [4.78, 5) is 19.5. The topological polar surface area (TPSA) is 45.2 Å². The van der Waals surface area contributed by atoms with Crippen LogP contribution in [0.2, 0.25) is 0 Å². The molecule has 1 aromatic heterocycles. The van der Waals surface area contributed by atoms with Crippen LogP contribution in [-0.4, -0.2) is 35.9 Å². The summed E-state index contributed by atoms with van der Waals surface area (Å²) < 4.78 is 0. The lowest BCUT2D eigenvalue weighted by Gasteiger charge is -2.26. The van der Waals surface area contributed by atoms with Crippen molar-refractivity contribution in [1.82, 2.24) is 15.2 Å². The third-order valence-electron chi connectivity index (χ3n) is 3.29. The predicted octanol–water partition coefficient (Wildman–Crippen LogP) is 2.25. The van der Waals surface area contributed by atoms with E-state index in [0.717, 1.165) is 31.6 Å². The molecule has 0 aromatic carbocycles. The average molecular weight is 326 g/mol. The summed E-state index contributed by atoms with van der Waals surface area (Å²) in [6, 6.07) is 0. The maximum atomic E-state index is 12.2. The van der Waals surface area contributed by atoms with Crippen molar-refractivity contribution < 1.29 is 4.79 Å². The minimum atomic E-state index is 0. The van der Waals surface area contributed by atoms with Gasteiger partial charge < -0.3 is 10.2 Å². The number of amides is 1. The molecule has 7 heteroatoms. The lowest BCUT2D eigenvalue weighted by molar-refractivity contribution is -0.135. The van der Waals surface area contributed by atoms with Crippen LogP contribution in [0, 0.1) is 12.8 Å². The first-order chi connectivity index (χ1) is 8.18. The Labute approximate surface area is 130 Å². The van der Waals surface area contributed by atoms with E-state index in [0.29, 0.717) is 6.54 Å². The van der Waals surface area contributed by atoms with Crippen LogP contribution in [-0.2, 0) is 11.3 Å². The normalized spacial score (nSPS) is 15.3. The van der Waals surface area contributed by atoms with Crippen molar-refractivity contribution in [3.05, 3.63) is 16.1 Å². The zero-order valence-corrected chi connectivity index (χ0v) is 13.7. The fraction of sp³-hybridized carbons (Fsp3) is 0.667. The standard InChI is InChI=1S/C12H19N3OS.2ClH/c1-9-11(17-8-14-9)7-15(2)12(16)10-3-5-13-6-4-10;;/h8,10,13H,3-7H2,1-2H3;2*1H. The second kappa shape index (κ2) is 8.74. The van der Waals surface area contributed by atoms with Crippen molar-refractivity contribution in [2.45, 2.75) is 26.3 Å². The van der Waals surface area contributed by atoms with Crippen LogP contribution in [0.25, 0.3) is 0 Å². The molecule has 0 radical (unpaired) electrons. The molecule has 0 saturated carbocycles. The molecule has 0 spiro atoms. The van der Waals surface area contributed by atoms with Crippen LogP contribution >= 0.6 is 36.2 Å². The molecule has 2 heterocycles. The van der Waals surface area contributed by atoms with Crippen molar-refractivity contribution in [1.29, 1.82) is 0 Å². The van der Waals surface area contributed by atoms with Gasteiger partial charge in [0.15, 0.2) is 0 Å². The molecule has 0 unspecified atom stereocenters. The highest BCUT2D eigenvalue weighted by atomic mass is 35.5. The molecule has 19 heavy (non-hydrogen) atoms.